The Bertz CT molecular complexity index is 617. The van der Waals surface area contributed by atoms with Gasteiger partial charge in [0, 0.05) is 12.6 Å². The SMILES string of the molecule is CC(CCNC(=O)CCF)Nc1nc2cccc(Br)c2o1. The molecule has 0 saturated heterocycles. The smallest absolute Gasteiger partial charge is 0.295 e. The first-order chi connectivity index (χ1) is 10.1. The number of alkyl halides is 1. The fraction of sp³-hybridized carbons (Fsp3) is 0.429. The molecule has 2 rings (SSSR count). The molecule has 21 heavy (non-hydrogen) atoms. The van der Waals surface area contributed by atoms with Crippen LogP contribution in [0.5, 0.6) is 0 Å². The minimum absolute atomic E-state index is 0.0718. The molecule has 5 nitrogen and oxygen atoms in total. The summed E-state index contributed by atoms with van der Waals surface area (Å²) in [6.07, 6.45) is 0.610. The summed E-state index contributed by atoms with van der Waals surface area (Å²) in [5.41, 5.74) is 1.47. The number of hydrogen-bond donors (Lipinski definition) is 2. The van der Waals surface area contributed by atoms with Crippen molar-refractivity contribution in [2.75, 3.05) is 18.5 Å². The molecule has 2 aromatic rings. The van der Waals surface area contributed by atoms with Crippen LogP contribution in [0.3, 0.4) is 0 Å². The fourth-order valence-electron chi connectivity index (χ4n) is 1.86. The lowest BCUT2D eigenvalue weighted by molar-refractivity contribution is -0.121. The van der Waals surface area contributed by atoms with Gasteiger partial charge in [0.2, 0.25) is 5.91 Å². The molecular formula is C14H17BrFN3O2. The molecule has 0 bridgehead atoms. The second-order valence-electron chi connectivity index (χ2n) is 4.73. The quantitative estimate of drug-likeness (QED) is 0.797. The van der Waals surface area contributed by atoms with Gasteiger partial charge >= 0.3 is 0 Å². The average Bonchev–Trinajstić information content (AvgIpc) is 2.83. The van der Waals surface area contributed by atoms with Crippen LogP contribution in [0.2, 0.25) is 0 Å². The van der Waals surface area contributed by atoms with Crippen LogP contribution in [-0.4, -0.2) is 30.2 Å². The van der Waals surface area contributed by atoms with Gasteiger partial charge in [-0.15, -0.1) is 0 Å². The number of carbonyl (C=O) groups excluding carboxylic acids is 1. The number of aromatic nitrogens is 1. The standard InChI is InChI=1S/C14H17BrFN3O2/c1-9(6-8-17-12(20)5-7-16)18-14-19-11-4-2-3-10(15)13(11)21-14/h2-4,9H,5-8H2,1H3,(H,17,20)(H,18,19). The highest BCUT2D eigenvalue weighted by molar-refractivity contribution is 9.10. The Kier molecular flexibility index (Phi) is 5.55. The van der Waals surface area contributed by atoms with Gasteiger partial charge in [-0.2, -0.15) is 4.98 Å². The molecule has 1 unspecified atom stereocenters. The first-order valence-electron chi connectivity index (χ1n) is 6.74. The highest BCUT2D eigenvalue weighted by atomic mass is 79.9. The number of para-hydroxylation sites is 1. The van der Waals surface area contributed by atoms with Crippen molar-refractivity contribution in [3.8, 4) is 0 Å². The van der Waals surface area contributed by atoms with Crippen molar-refractivity contribution in [3.05, 3.63) is 22.7 Å². The van der Waals surface area contributed by atoms with Crippen LogP contribution in [0.15, 0.2) is 27.1 Å². The third-order valence-electron chi connectivity index (χ3n) is 2.96. The monoisotopic (exact) mass is 357 g/mol. The van der Waals surface area contributed by atoms with Crippen LogP contribution in [-0.2, 0) is 4.79 Å². The van der Waals surface area contributed by atoms with Gasteiger partial charge in [0.15, 0.2) is 5.58 Å². The molecule has 0 aliphatic heterocycles. The average molecular weight is 358 g/mol. The number of rotatable bonds is 7. The molecule has 114 valence electrons. The number of hydrogen-bond acceptors (Lipinski definition) is 4. The fourth-order valence-corrected chi connectivity index (χ4v) is 2.30. The number of nitrogens with zero attached hydrogens (tertiary/aromatic N) is 1. The predicted octanol–water partition coefficient (Wildman–Crippen LogP) is 3.26. The molecule has 0 saturated carbocycles. The molecule has 2 N–H and O–H groups in total. The van der Waals surface area contributed by atoms with Gasteiger partial charge in [-0.3, -0.25) is 9.18 Å². The molecular weight excluding hydrogens is 341 g/mol. The van der Waals surface area contributed by atoms with E-state index in [4.69, 9.17) is 4.42 Å². The lowest BCUT2D eigenvalue weighted by Crippen LogP contribution is -2.28. The van der Waals surface area contributed by atoms with E-state index in [0.717, 1.165) is 9.99 Å². The van der Waals surface area contributed by atoms with E-state index in [2.05, 4.69) is 31.5 Å². The van der Waals surface area contributed by atoms with E-state index in [1.54, 1.807) is 0 Å². The number of anilines is 1. The molecule has 0 aliphatic rings. The maximum atomic E-state index is 12.0. The second kappa shape index (κ2) is 7.40. The lowest BCUT2D eigenvalue weighted by atomic mass is 10.2. The van der Waals surface area contributed by atoms with Gasteiger partial charge in [0.05, 0.1) is 17.6 Å². The number of amides is 1. The van der Waals surface area contributed by atoms with E-state index in [1.165, 1.54) is 0 Å². The third kappa shape index (κ3) is 4.42. The molecule has 1 aromatic carbocycles. The molecule has 0 fully saturated rings. The molecule has 1 aromatic heterocycles. The van der Waals surface area contributed by atoms with Crippen molar-refractivity contribution in [2.45, 2.75) is 25.8 Å². The molecule has 0 aliphatic carbocycles. The highest BCUT2D eigenvalue weighted by Crippen LogP contribution is 2.26. The van der Waals surface area contributed by atoms with Gasteiger partial charge in [-0.1, -0.05) is 6.07 Å². The van der Waals surface area contributed by atoms with Crippen LogP contribution in [0.4, 0.5) is 10.4 Å². The minimum atomic E-state index is -0.628. The van der Waals surface area contributed by atoms with Crippen LogP contribution < -0.4 is 10.6 Å². The van der Waals surface area contributed by atoms with Gasteiger partial charge in [0.1, 0.15) is 5.52 Å². The van der Waals surface area contributed by atoms with Gasteiger partial charge in [-0.05, 0) is 41.4 Å². The zero-order chi connectivity index (χ0) is 15.2. The summed E-state index contributed by atoms with van der Waals surface area (Å²) in [6.45, 7) is 1.82. The van der Waals surface area contributed by atoms with Crippen molar-refractivity contribution in [2.24, 2.45) is 0 Å². The van der Waals surface area contributed by atoms with E-state index in [9.17, 15) is 9.18 Å². The Morgan fingerprint density at radius 2 is 2.33 bits per heavy atom. The Hall–Kier alpha value is -1.63. The summed E-state index contributed by atoms with van der Waals surface area (Å²) in [4.78, 5) is 15.5. The Labute approximate surface area is 130 Å². The van der Waals surface area contributed by atoms with Crippen molar-refractivity contribution in [1.82, 2.24) is 10.3 Å². The summed E-state index contributed by atoms with van der Waals surface area (Å²) in [5, 5.41) is 5.80. The third-order valence-corrected chi connectivity index (χ3v) is 3.58. The summed E-state index contributed by atoms with van der Waals surface area (Å²) < 4.78 is 18.4. The first kappa shape index (κ1) is 15.8. The van der Waals surface area contributed by atoms with Gasteiger partial charge in [0.25, 0.3) is 6.01 Å². The molecule has 7 heteroatoms. The summed E-state index contributed by atoms with van der Waals surface area (Å²) >= 11 is 3.41. The summed E-state index contributed by atoms with van der Waals surface area (Å²) in [7, 11) is 0. The number of halogens is 2. The molecule has 1 atom stereocenters. The minimum Gasteiger partial charge on any atom is -0.422 e. The zero-order valence-electron chi connectivity index (χ0n) is 11.7. The number of carbonyl (C=O) groups is 1. The second-order valence-corrected chi connectivity index (χ2v) is 5.58. The van der Waals surface area contributed by atoms with Crippen LogP contribution in [0, 0.1) is 0 Å². The van der Waals surface area contributed by atoms with Gasteiger partial charge < -0.3 is 15.1 Å². The Balaban J connectivity index is 1.85. The lowest BCUT2D eigenvalue weighted by Gasteiger charge is -2.12. The van der Waals surface area contributed by atoms with E-state index in [0.29, 0.717) is 24.6 Å². The summed E-state index contributed by atoms with van der Waals surface area (Å²) in [5.74, 6) is -0.268. The number of oxazole rings is 1. The van der Waals surface area contributed by atoms with E-state index in [-0.39, 0.29) is 18.4 Å². The van der Waals surface area contributed by atoms with Crippen LogP contribution >= 0.6 is 15.9 Å². The Morgan fingerprint density at radius 3 is 3.05 bits per heavy atom. The van der Waals surface area contributed by atoms with E-state index >= 15 is 0 Å². The van der Waals surface area contributed by atoms with Crippen molar-refractivity contribution in [3.63, 3.8) is 0 Å². The predicted molar refractivity (Wildman–Crippen MR) is 83.0 cm³/mol. The molecule has 1 heterocycles. The van der Waals surface area contributed by atoms with Crippen LogP contribution in [0.1, 0.15) is 19.8 Å². The number of fused-ring (bicyclic) bond motifs is 1. The zero-order valence-corrected chi connectivity index (χ0v) is 13.2. The number of benzene rings is 1. The van der Waals surface area contributed by atoms with Crippen LogP contribution in [0.25, 0.3) is 11.1 Å². The molecule has 0 radical (unpaired) electrons. The van der Waals surface area contributed by atoms with E-state index in [1.807, 2.05) is 25.1 Å². The molecule has 1 amide bonds. The number of nitrogens with one attached hydrogen (secondary N) is 2. The van der Waals surface area contributed by atoms with Crippen molar-refractivity contribution < 1.29 is 13.6 Å². The summed E-state index contributed by atoms with van der Waals surface area (Å²) in [6, 6.07) is 6.17. The maximum Gasteiger partial charge on any atom is 0.295 e. The normalized spacial score (nSPS) is 12.3. The highest BCUT2D eigenvalue weighted by Gasteiger charge is 2.11. The van der Waals surface area contributed by atoms with Gasteiger partial charge in [-0.25, -0.2) is 0 Å². The van der Waals surface area contributed by atoms with Crippen molar-refractivity contribution >= 4 is 39.0 Å². The molecule has 0 spiro atoms. The maximum absolute atomic E-state index is 12.0. The first-order valence-corrected chi connectivity index (χ1v) is 7.53. The topological polar surface area (TPSA) is 67.2 Å². The largest absolute Gasteiger partial charge is 0.422 e. The van der Waals surface area contributed by atoms with Crippen molar-refractivity contribution in [1.29, 1.82) is 0 Å². The van der Waals surface area contributed by atoms with E-state index < -0.39 is 6.67 Å². The Morgan fingerprint density at radius 1 is 1.52 bits per heavy atom.